The van der Waals surface area contributed by atoms with Crippen LogP contribution in [0.3, 0.4) is 0 Å². The zero-order valence-corrected chi connectivity index (χ0v) is 15.4. The summed E-state index contributed by atoms with van der Waals surface area (Å²) in [4.78, 5) is 24.9. The first kappa shape index (κ1) is 18.0. The third-order valence-electron chi connectivity index (χ3n) is 5.66. The van der Waals surface area contributed by atoms with Gasteiger partial charge in [-0.1, -0.05) is 18.9 Å². The summed E-state index contributed by atoms with van der Waals surface area (Å²) < 4.78 is 0. The average Bonchev–Trinajstić information content (AvgIpc) is 3.07. The Morgan fingerprint density at radius 1 is 0.800 bits per heavy atom. The summed E-state index contributed by atoms with van der Waals surface area (Å²) in [5.74, 6) is 0.418. The minimum Gasteiger partial charge on any atom is -0.353 e. The Bertz CT molecular complexity index is 607. The van der Waals surface area contributed by atoms with Crippen molar-refractivity contribution in [3.8, 4) is 0 Å². The number of anilines is 1. The van der Waals surface area contributed by atoms with Crippen molar-refractivity contribution in [3.05, 3.63) is 29.3 Å². The zero-order chi connectivity index (χ0) is 17.8. The molecule has 0 heterocycles. The number of hydrogen-bond acceptors (Lipinski definition) is 2. The molecule has 0 atom stereocenters. The Morgan fingerprint density at radius 3 is 1.88 bits per heavy atom. The maximum Gasteiger partial charge on any atom is 0.227 e. The van der Waals surface area contributed by atoms with Crippen LogP contribution in [0.25, 0.3) is 0 Å². The molecule has 2 aliphatic rings. The van der Waals surface area contributed by atoms with E-state index in [1.54, 1.807) is 0 Å². The Balaban J connectivity index is 1.47. The lowest BCUT2D eigenvalue weighted by Crippen LogP contribution is -2.39. The number of carbonyl (C=O) groups is 2. The van der Waals surface area contributed by atoms with Gasteiger partial charge < -0.3 is 10.6 Å². The molecular formula is C21H30N2O2. The predicted molar refractivity (Wildman–Crippen MR) is 100 cm³/mol. The molecule has 0 spiro atoms. The predicted octanol–water partition coefficient (Wildman–Crippen LogP) is 4.11. The second kappa shape index (κ2) is 8.03. The molecule has 136 valence electrons. The van der Waals surface area contributed by atoms with Gasteiger partial charge >= 0.3 is 0 Å². The monoisotopic (exact) mass is 342 g/mol. The zero-order valence-electron chi connectivity index (χ0n) is 15.4. The minimum atomic E-state index is 0.0244. The van der Waals surface area contributed by atoms with Crippen molar-refractivity contribution in [2.24, 2.45) is 11.8 Å². The smallest absolute Gasteiger partial charge is 0.227 e. The van der Waals surface area contributed by atoms with Gasteiger partial charge in [-0.2, -0.15) is 0 Å². The fraction of sp³-hybridized carbons (Fsp3) is 0.619. The van der Waals surface area contributed by atoms with Gasteiger partial charge in [0.25, 0.3) is 0 Å². The number of nitrogens with one attached hydrogen (secondary N) is 2. The van der Waals surface area contributed by atoms with Crippen LogP contribution in [-0.4, -0.2) is 17.9 Å². The summed E-state index contributed by atoms with van der Waals surface area (Å²) in [5, 5.41) is 6.26. The van der Waals surface area contributed by atoms with Gasteiger partial charge in [0.1, 0.15) is 0 Å². The lowest BCUT2D eigenvalue weighted by Gasteiger charge is -2.28. The van der Waals surface area contributed by atoms with Gasteiger partial charge in [0.05, 0.1) is 0 Å². The van der Waals surface area contributed by atoms with Crippen LogP contribution >= 0.6 is 0 Å². The molecule has 2 aliphatic carbocycles. The van der Waals surface area contributed by atoms with Crippen molar-refractivity contribution in [2.75, 3.05) is 5.32 Å². The van der Waals surface area contributed by atoms with Crippen LogP contribution in [-0.2, 0) is 9.59 Å². The van der Waals surface area contributed by atoms with Gasteiger partial charge in [0.15, 0.2) is 0 Å². The maximum absolute atomic E-state index is 12.5. The van der Waals surface area contributed by atoms with Crippen molar-refractivity contribution < 1.29 is 9.59 Å². The van der Waals surface area contributed by atoms with Crippen LogP contribution in [0.15, 0.2) is 18.2 Å². The Kier molecular flexibility index (Phi) is 5.77. The molecule has 0 aliphatic heterocycles. The van der Waals surface area contributed by atoms with Gasteiger partial charge in [-0.05, 0) is 75.6 Å². The summed E-state index contributed by atoms with van der Waals surface area (Å²) in [7, 11) is 0. The molecular weight excluding hydrogens is 312 g/mol. The molecule has 4 heteroatoms. The standard InChI is InChI=1S/C21H30N2O2/c1-14-11-15(2)13-19(12-14)23-21(25)17-9-7-16(8-10-17)20(24)22-18-5-3-4-6-18/h11-13,16-18H,3-10H2,1-2H3,(H,22,24)(H,23,25). The molecule has 3 rings (SSSR count). The van der Waals surface area contributed by atoms with E-state index in [1.165, 1.54) is 12.8 Å². The number of carbonyl (C=O) groups excluding carboxylic acids is 2. The van der Waals surface area contributed by atoms with Crippen LogP contribution < -0.4 is 10.6 Å². The van der Waals surface area contributed by atoms with Crippen LogP contribution in [0.2, 0.25) is 0 Å². The Morgan fingerprint density at radius 2 is 1.32 bits per heavy atom. The molecule has 0 bridgehead atoms. The van der Waals surface area contributed by atoms with E-state index in [1.807, 2.05) is 26.0 Å². The van der Waals surface area contributed by atoms with Crippen molar-refractivity contribution in [3.63, 3.8) is 0 Å². The normalized spacial score (nSPS) is 24.1. The molecule has 1 aromatic rings. The SMILES string of the molecule is Cc1cc(C)cc(NC(=O)C2CCC(C(=O)NC3CCCC3)CC2)c1. The molecule has 0 aromatic heterocycles. The van der Waals surface area contributed by atoms with Gasteiger partial charge in [-0.3, -0.25) is 9.59 Å². The fourth-order valence-electron chi connectivity index (χ4n) is 4.30. The van der Waals surface area contributed by atoms with E-state index in [9.17, 15) is 9.59 Å². The number of hydrogen-bond donors (Lipinski definition) is 2. The highest BCUT2D eigenvalue weighted by Gasteiger charge is 2.31. The Hall–Kier alpha value is -1.84. The maximum atomic E-state index is 12.5. The van der Waals surface area contributed by atoms with Crippen molar-refractivity contribution in [2.45, 2.75) is 71.3 Å². The molecule has 2 fully saturated rings. The fourth-order valence-corrected chi connectivity index (χ4v) is 4.30. The number of aryl methyl sites for hydroxylation is 2. The molecule has 2 amide bonds. The summed E-state index contributed by atoms with van der Waals surface area (Å²) in [6.45, 7) is 4.08. The van der Waals surface area contributed by atoms with Crippen LogP contribution in [0.5, 0.6) is 0 Å². The van der Waals surface area contributed by atoms with Gasteiger partial charge in [-0.25, -0.2) is 0 Å². The first-order valence-electron chi connectivity index (χ1n) is 9.71. The van der Waals surface area contributed by atoms with Crippen molar-refractivity contribution in [1.29, 1.82) is 0 Å². The van der Waals surface area contributed by atoms with E-state index >= 15 is 0 Å². The second-order valence-electron chi connectivity index (χ2n) is 7.90. The second-order valence-corrected chi connectivity index (χ2v) is 7.90. The van der Waals surface area contributed by atoms with E-state index in [2.05, 4.69) is 16.7 Å². The molecule has 0 radical (unpaired) electrons. The van der Waals surface area contributed by atoms with E-state index in [0.717, 1.165) is 55.3 Å². The summed E-state index contributed by atoms with van der Waals surface area (Å²) in [6.07, 6.45) is 7.97. The Labute approximate surface area is 150 Å². The molecule has 0 unspecified atom stereocenters. The number of amides is 2. The lowest BCUT2D eigenvalue weighted by molar-refractivity contribution is -0.129. The van der Waals surface area contributed by atoms with E-state index in [4.69, 9.17) is 0 Å². The number of benzene rings is 1. The minimum absolute atomic E-state index is 0.0244. The largest absolute Gasteiger partial charge is 0.353 e. The van der Waals surface area contributed by atoms with E-state index in [-0.39, 0.29) is 23.7 Å². The van der Waals surface area contributed by atoms with E-state index in [0.29, 0.717) is 6.04 Å². The summed E-state index contributed by atoms with van der Waals surface area (Å²) in [6, 6.07) is 6.50. The summed E-state index contributed by atoms with van der Waals surface area (Å²) in [5.41, 5.74) is 3.19. The molecule has 4 nitrogen and oxygen atoms in total. The van der Waals surface area contributed by atoms with Crippen LogP contribution in [0.4, 0.5) is 5.69 Å². The van der Waals surface area contributed by atoms with Crippen molar-refractivity contribution in [1.82, 2.24) is 5.32 Å². The van der Waals surface area contributed by atoms with Crippen LogP contribution in [0.1, 0.15) is 62.5 Å². The van der Waals surface area contributed by atoms with E-state index < -0.39 is 0 Å². The molecule has 1 aromatic carbocycles. The van der Waals surface area contributed by atoms with Gasteiger partial charge in [-0.15, -0.1) is 0 Å². The van der Waals surface area contributed by atoms with Gasteiger partial charge in [0.2, 0.25) is 11.8 Å². The number of rotatable bonds is 4. The molecule has 2 saturated carbocycles. The summed E-state index contributed by atoms with van der Waals surface area (Å²) >= 11 is 0. The van der Waals surface area contributed by atoms with Gasteiger partial charge in [0, 0.05) is 23.6 Å². The third kappa shape index (κ3) is 4.83. The lowest BCUT2D eigenvalue weighted by atomic mass is 9.81. The topological polar surface area (TPSA) is 58.2 Å². The quantitative estimate of drug-likeness (QED) is 0.865. The highest BCUT2D eigenvalue weighted by Crippen LogP contribution is 2.30. The highest BCUT2D eigenvalue weighted by molar-refractivity contribution is 5.93. The molecule has 0 saturated heterocycles. The van der Waals surface area contributed by atoms with Crippen LogP contribution in [0, 0.1) is 25.7 Å². The van der Waals surface area contributed by atoms with Crippen molar-refractivity contribution >= 4 is 17.5 Å². The average molecular weight is 342 g/mol. The first-order chi connectivity index (χ1) is 12.0. The third-order valence-corrected chi connectivity index (χ3v) is 5.66. The highest BCUT2D eigenvalue weighted by atomic mass is 16.2. The molecule has 2 N–H and O–H groups in total. The first-order valence-corrected chi connectivity index (χ1v) is 9.71. The molecule has 25 heavy (non-hydrogen) atoms.